The van der Waals surface area contributed by atoms with Gasteiger partial charge in [-0.15, -0.1) is 0 Å². The van der Waals surface area contributed by atoms with E-state index in [2.05, 4.69) is 12.2 Å². The van der Waals surface area contributed by atoms with E-state index in [1.165, 1.54) is 0 Å². The molecule has 34 heavy (non-hydrogen) atoms. The minimum atomic E-state index is -0.706. The van der Waals surface area contributed by atoms with Crippen LogP contribution in [0.3, 0.4) is 0 Å². The van der Waals surface area contributed by atoms with Crippen molar-refractivity contribution in [3.63, 3.8) is 0 Å². The second-order valence-electron chi connectivity index (χ2n) is 8.23. The molecular formula is C28H30Cl2N2O2. The molecule has 0 aliphatic carbocycles. The Labute approximate surface area is 211 Å². The lowest BCUT2D eigenvalue weighted by atomic mass is 10.0. The lowest BCUT2D eigenvalue weighted by Crippen LogP contribution is -2.51. The predicted octanol–water partition coefficient (Wildman–Crippen LogP) is 6.09. The van der Waals surface area contributed by atoms with E-state index in [9.17, 15) is 9.59 Å². The molecule has 2 amide bonds. The van der Waals surface area contributed by atoms with Gasteiger partial charge in [-0.25, -0.2) is 0 Å². The summed E-state index contributed by atoms with van der Waals surface area (Å²) in [5.74, 6) is -0.337. The van der Waals surface area contributed by atoms with E-state index in [1.54, 1.807) is 23.1 Å². The number of nitrogens with one attached hydrogen (secondary N) is 1. The summed E-state index contributed by atoms with van der Waals surface area (Å²) in [5.41, 5.74) is 2.49. The molecular weight excluding hydrogens is 467 g/mol. The van der Waals surface area contributed by atoms with Gasteiger partial charge in [-0.1, -0.05) is 103 Å². The Hall–Kier alpha value is -2.82. The largest absolute Gasteiger partial charge is 0.354 e. The number of nitrogens with zero attached hydrogens (tertiary/aromatic N) is 1. The van der Waals surface area contributed by atoms with Gasteiger partial charge in [0.2, 0.25) is 11.8 Å². The fourth-order valence-corrected chi connectivity index (χ4v) is 4.30. The van der Waals surface area contributed by atoms with Crippen LogP contribution in [0.4, 0.5) is 0 Å². The standard InChI is InChI=1S/C28H30Cl2N2O2/c1-2-3-17-31-28(34)26(18-21-11-6-4-7-12-21)32(20-23-24(29)15-10-16-25(23)30)27(33)19-22-13-8-5-9-14-22/h4-16,26H,2-3,17-20H2,1H3,(H,31,34). The number of rotatable bonds is 11. The number of hydrogen-bond donors (Lipinski definition) is 1. The summed E-state index contributed by atoms with van der Waals surface area (Å²) in [6.45, 7) is 2.78. The fraction of sp³-hybridized carbons (Fsp3) is 0.286. The van der Waals surface area contributed by atoms with E-state index in [0.717, 1.165) is 24.0 Å². The normalized spacial score (nSPS) is 11.6. The zero-order valence-corrected chi connectivity index (χ0v) is 20.9. The van der Waals surface area contributed by atoms with Crippen molar-refractivity contribution in [3.05, 3.63) is 106 Å². The third kappa shape index (κ3) is 7.34. The van der Waals surface area contributed by atoms with Gasteiger partial charge in [0.25, 0.3) is 0 Å². The maximum atomic E-state index is 13.7. The molecule has 0 aliphatic heterocycles. The molecule has 0 saturated heterocycles. The van der Waals surface area contributed by atoms with Gasteiger partial charge in [-0.2, -0.15) is 0 Å². The summed E-state index contributed by atoms with van der Waals surface area (Å²) in [5, 5.41) is 3.95. The third-order valence-electron chi connectivity index (χ3n) is 5.69. The molecule has 6 heteroatoms. The predicted molar refractivity (Wildman–Crippen MR) is 139 cm³/mol. The van der Waals surface area contributed by atoms with Gasteiger partial charge in [0.15, 0.2) is 0 Å². The maximum absolute atomic E-state index is 13.7. The first-order valence-corrected chi connectivity index (χ1v) is 12.3. The zero-order chi connectivity index (χ0) is 24.3. The number of carbonyl (C=O) groups excluding carboxylic acids is 2. The molecule has 0 aromatic heterocycles. The summed E-state index contributed by atoms with van der Waals surface area (Å²) in [6, 6.07) is 23.8. The summed E-state index contributed by atoms with van der Waals surface area (Å²) < 4.78 is 0. The molecule has 3 aromatic carbocycles. The number of benzene rings is 3. The minimum Gasteiger partial charge on any atom is -0.354 e. The molecule has 1 unspecified atom stereocenters. The van der Waals surface area contributed by atoms with Crippen LogP contribution in [0.15, 0.2) is 78.9 Å². The molecule has 0 spiro atoms. The van der Waals surface area contributed by atoms with E-state index >= 15 is 0 Å². The van der Waals surface area contributed by atoms with Gasteiger partial charge in [0.05, 0.1) is 6.42 Å². The molecule has 0 heterocycles. The van der Waals surface area contributed by atoms with Gasteiger partial charge in [0, 0.05) is 35.1 Å². The maximum Gasteiger partial charge on any atom is 0.243 e. The van der Waals surface area contributed by atoms with Crippen molar-refractivity contribution in [3.8, 4) is 0 Å². The summed E-state index contributed by atoms with van der Waals surface area (Å²) in [6.07, 6.45) is 2.41. The van der Waals surface area contributed by atoms with Gasteiger partial charge in [-0.3, -0.25) is 9.59 Å². The Kier molecular flexibility index (Phi) is 9.99. The SMILES string of the molecule is CCCCNC(=O)C(Cc1ccccc1)N(Cc1c(Cl)cccc1Cl)C(=O)Cc1ccccc1. The van der Waals surface area contributed by atoms with E-state index in [-0.39, 0.29) is 24.8 Å². The van der Waals surface area contributed by atoms with Crippen LogP contribution in [0.2, 0.25) is 10.0 Å². The van der Waals surface area contributed by atoms with Crippen LogP contribution < -0.4 is 5.32 Å². The van der Waals surface area contributed by atoms with Crippen molar-refractivity contribution in [2.75, 3.05) is 6.54 Å². The van der Waals surface area contributed by atoms with E-state index in [4.69, 9.17) is 23.2 Å². The molecule has 0 saturated carbocycles. The first-order chi connectivity index (χ1) is 16.5. The van der Waals surface area contributed by atoms with Crippen molar-refractivity contribution in [1.29, 1.82) is 0 Å². The highest BCUT2D eigenvalue weighted by Gasteiger charge is 2.31. The number of hydrogen-bond acceptors (Lipinski definition) is 2. The van der Waals surface area contributed by atoms with Crippen molar-refractivity contribution < 1.29 is 9.59 Å². The first-order valence-electron chi connectivity index (χ1n) is 11.6. The van der Waals surface area contributed by atoms with Crippen molar-refractivity contribution in [1.82, 2.24) is 10.2 Å². The molecule has 0 aliphatic rings. The molecule has 1 N–H and O–H groups in total. The van der Waals surface area contributed by atoms with Crippen LogP contribution in [-0.4, -0.2) is 29.3 Å². The van der Waals surface area contributed by atoms with Crippen molar-refractivity contribution in [2.45, 2.75) is 45.2 Å². The van der Waals surface area contributed by atoms with Crippen LogP contribution in [0, 0.1) is 0 Å². The Morgan fingerprint density at radius 3 is 2.03 bits per heavy atom. The molecule has 3 aromatic rings. The molecule has 0 bridgehead atoms. The van der Waals surface area contributed by atoms with Crippen LogP contribution >= 0.6 is 23.2 Å². The lowest BCUT2D eigenvalue weighted by Gasteiger charge is -2.32. The van der Waals surface area contributed by atoms with E-state index < -0.39 is 6.04 Å². The zero-order valence-electron chi connectivity index (χ0n) is 19.3. The lowest BCUT2D eigenvalue weighted by molar-refractivity contribution is -0.140. The Morgan fingerprint density at radius 2 is 1.44 bits per heavy atom. The Balaban J connectivity index is 1.98. The smallest absolute Gasteiger partial charge is 0.243 e. The summed E-state index contributed by atoms with van der Waals surface area (Å²) >= 11 is 12.9. The van der Waals surface area contributed by atoms with Gasteiger partial charge >= 0.3 is 0 Å². The quantitative estimate of drug-likeness (QED) is 0.326. The molecule has 3 rings (SSSR count). The van der Waals surface area contributed by atoms with E-state index in [1.807, 2.05) is 60.7 Å². The average molecular weight is 497 g/mol. The Morgan fingerprint density at radius 1 is 0.853 bits per heavy atom. The van der Waals surface area contributed by atoms with Crippen LogP contribution in [0.1, 0.15) is 36.5 Å². The Bertz CT molecular complexity index is 1050. The highest BCUT2D eigenvalue weighted by Crippen LogP contribution is 2.27. The van der Waals surface area contributed by atoms with Crippen LogP contribution in [0.25, 0.3) is 0 Å². The molecule has 178 valence electrons. The highest BCUT2D eigenvalue weighted by molar-refractivity contribution is 6.36. The van der Waals surface area contributed by atoms with E-state index in [0.29, 0.717) is 28.6 Å². The summed E-state index contributed by atoms with van der Waals surface area (Å²) in [4.78, 5) is 28.7. The van der Waals surface area contributed by atoms with Gasteiger partial charge in [0.1, 0.15) is 6.04 Å². The number of unbranched alkanes of at least 4 members (excludes halogenated alkanes) is 1. The minimum absolute atomic E-state index is 0.142. The molecule has 1 atom stereocenters. The number of halogens is 2. The fourth-order valence-electron chi connectivity index (χ4n) is 3.79. The molecule has 4 nitrogen and oxygen atoms in total. The number of amides is 2. The topological polar surface area (TPSA) is 49.4 Å². The first kappa shape index (κ1) is 25.8. The monoisotopic (exact) mass is 496 g/mol. The van der Waals surface area contributed by atoms with Gasteiger partial charge in [-0.05, 0) is 29.7 Å². The second kappa shape index (κ2) is 13.2. The van der Waals surface area contributed by atoms with Crippen LogP contribution in [0.5, 0.6) is 0 Å². The third-order valence-corrected chi connectivity index (χ3v) is 6.40. The number of carbonyl (C=O) groups is 2. The molecule has 0 radical (unpaired) electrons. The van der Waals surface area contributed by atoms with Gasteiger partial charge < -0.3 is 10.2 Å². The second-order valence-corrected chi connectivity index (χ2v) is 9.05. The van der Waals surface area contributed by atoms with Crippen molar-refractivity contribution >= 4 is 35.0 Å². The van der Waals surface area contributed by atoms with Crippen LogP contribution in [-0.2, 0) is 29.0 Å². The molecule has 0 fully saturated rings. The average Bonchev–Trinajstić information content (AvgIpc) is 2.84. The summed E-state index contributed by atoms with van der Waals surface area (Å²) in [7, 11) is 0. The highest BCUT2D eigenvalue weighted by atomic mass is 35.5. The van der Waals surface area contributed by atoms with Crippen molar-refractivity contribution in [2.24, 2.45) is 0 Å².